The zero-order valence-corrected chi connectivity index (χ0v) is 17.9. The fraction of sp³-hybridized carbons (Fsp3) is 0.591. The van der Waals surface area contributed by atoms with Crippen molar-refractivity contribution in [1.29, 1.82) is 0 Å². The van der Waals surface area contributed by atoms with Crippen molar-refractivity contribution in [3.8, 4) is 0 Å². The Hall–Kier alpha value is -1.50. The zero-order valence-electron chi connectivity index (χ0n) is 17.0. The average Bonchev–Trinajstić information content (AvgIpc) is 3.10. The van der Waals surface area contributed by atoms with Crippen molar-refractivity contribution < 1.29 is 18.0 Å². The highest BCUT2D eigenvalue weighted by atomic mass is 32.2. The van der Waals surface area contributed by atoms with Gasteiger partial charge in [-0.15, -0.1) is 0 Å². The summed E-state index contributed by atoms with van der Waals surface area (Å²) in [5.41, 5.74) is 0.996. The lowest BCUT2D eigenvalue weighted by molar-refractivity contribution is -0.104. The molecule has 5 nitrogen and oxygen atoms in total. The van der Waals surface area contributed by atoms with Gasteiger partial charge >= 0.3 is 0 Å². The van der Waals surface area contributed by atoms with Crippen molar-refractivity contribution in [1.82, 2.24) is 4.47 Å². The minimum absolute atomic E-state index is 0.142. The molecular formula is C22H33NO4S. The molecule has 0 unspecified atom stereocenters. The van der Waals surface area contributed by atoms with Crippen LogP contribution in [0.25, 0.3) is 0 Å². The monoisotopic (exact) mass is 407 g/mol. The molecule has 1 heterocycles. The Kier molecular flexibility index (Phi) is 9.35. The lowest BCUT2D eigenvalue weighted by Gasteiger charge is -2.20. The number of nitrogens with zero attached hydrogens (tertiary/aromatic N) is 1. The van der Waals surface area contributed by atoms with E-state index in [1.165, 1.54) is 38.2 Å². The Labute approximate surface area is 169 Å². The molecule has 1 aromatic carbocycles. The molecule has 1 fully saturated rings. The van der Waals surface area contributed by atoms with Crippen molar-refractivity contribution in [3.05, 3.63) is 42.0 Å². The molecule has 2 rings (SSSR count). The van der Waals surface area contributed by atoms with Gasteiger partial charge < -0.3 is 0 Å². The molecule has 2 atom stereocenters. The third kappa shape index (κ3) is 6.54. The number of hydrogen-bond donors (Lipinski definition) is 0. The van der Waals surface area contributed by atoms with E-state index in [0.29, 0.717) is 12.7 Å². The second kappa shape index (κ2) is 11.5. The van der Waals surface area contributed by atoms with Gasteiger partial charge in [-0.2, -0.15) is 0 Å². The number of benzene rings is 1. The molecule has 0 N–H and O–H groups in total. The zero-order chi connectivity index (χ0) is 20.4. The number of hydroxylamine groups is 1. The third-order valence-electron chi connectivity index (χ3n) is 5.13. The summed E-state index contributed by atoms with van der Waals surface area (Å²) in [5.74, 6) is 0. The first-order valence-corrected chi connectivity index (χ1v) is 11.8. The van der Waals surface area contributed by atoms with E-state index >= 15 is 0 Å². The molecule has 0 bridgehead atoms. The molecule has 28 heavy (non-hydrogen) atoms. The predicted octanol–water partition coefficient (Wildman–Crippen LogP) is 4.95. The Bertz CT molecular complexity index is 727. The maximum absolute atomic E-state index is 13.0. The molecule has 0 radical (unpaired) electrons. The summed E-state index contributed by atoms with van der Waals surface area (Å²) in [4.78, 5) is 16.8. The third-order valence-corrected chi connectivity index (χ3v) is 6.82. The first kappa shape index (κ1) is 22.8. The van der Waals surface area contributed by atoms with Gasteiger partial charge in [0.2, 0.25) is 0 Å². The highest BCUT2D eigenvalue weighted by Crippen LogP contribution is 2.31. The van der Waals surface area contributed by atoms with Gasteiger partial charge in [-0.05, 0) is 38.0 Å². The number of allylic oxidation sites excluding steroid dienone is 1. The van der Waals surface area contributed by atoms with Crippen LogP contribution in [0.1, 0.15) is 70.3 Å². The molecule has 156 valence electrons. The van der Waals surface area contributed by atoms with Crippen LogP contribution in [-0.4, -0.2) is 31.3 Å². The van der Waals surface area contributed by atoms with Crippen LogP contribution in [0.3, 0.4) is 0 Å². The summed E-state index contributed by atoms with van der Waals surface area (Å²) in [7, 11) is -3.77. The van der Waals surface area contributed by atoms with Crippen molar-refractivity contribution >= 4 is 16.3 Å². The Morgan fingerprint density at radius 2 is 1.71 bits per heavy atom. The average molecular weight is 408 g/mol. The number of hydrogen-bond acceptors (Lipinski definition) is 4. The smallest absolute Gasteiger partial charge is 0.265 e. The summed E-state index contributed by atoms with van der Waals surface area (Å²) in [5, 5.41) is 0. The van der Waals surface area contributed by atoms with E-state index in [1.807, 2.05) is 6.92 Å². The van der Waals surface area contributed by atoms with E-state index in [-0.39, 0.29) is 11.0 Å². The molecule has 1 aromatic rings. The minimum Gasteiger partial charge on any atom is -0.299 e. The molecule has 0 saturated carbocycles. The van der Waals surface area contributed by atoms with Crippen molar-refractivity contribution in [3.63, 3.8) is 0 Å². The molecule has 6 heteroatoms. The fourth-order valence-electron chi connectivity index (χ4n) is 3.49. The summed E-state index contributed by atoms with van der Waals surface area (Å²) in [6, 6.07) is 6.28. The number of carbonyl (C=O) groups is 1. The quantitative estimate of drug-likeness (QED) is 0.279. The molecule has 1 aliphatic heterocycles. The Morgan fingerprint density at radius 1 is 1.07 bits per heavy atom. The van der Waals surface area contributed by atoms with Crippen LogP contribution in [0.15, 0.2) is 41.3 Å². The van der Waals surface area contributed by atoms with Crippen LogP contribution in [0.4, 0.5) is 0 Å². The maximum Gasteiger partial charge on any atom is 0.265 e. The van der Waals surface area contributed by atoms with E-state index in [1.54, 1.807) is 30.3 Å². The Morgan fingerprint density at radius 3 is 2.36 bits per heavy atom. The van der Waals surface area contributed by atoms with Gasteiger partial charge in [0.25, 0.3) is 10.0 Å². The van der Waals surface area contributed by atoms with Crippen LogP contribution in [0, 0.1) is 6.92 Å². The molecule has 0 amide bonds. The largest absolute Gasteiger partial charge is 0.299 e. The van der Waals surface area contributed by atoms with Gasteiger partial charge in [-0.25, -0.2) is 8.42 Å². The van der Waals surface area contributed by atoms with Gasteiger partial charge in [-0.1, -0.05) is 80.1 Å². The van der Waals surface area contributed by atoms with Gasteiger partial charge in [-0.3, -0.25) is 9.63 Å². The van der Waals surface area contributed by atoms with Crippen LogP contribution in [-0.2, 0) is 19.7 Å². The normalized spacial score (nSPS) is 20.8. The predicted molar refractivity (Wildman–Crippen MR) is 111 cm³/mol. The second-order valence-electron chi connectivity index (χ2n) is 7.53. The maximum atomic E-state index is 13.0. The molecule has 0 aliphatic carbocycles. The molecular weight excluding hydrogens is 374 g/mol. The van der Waals surface area contributed by atoms with Gasteiger partial charge in [0.15, 0.2) is 0 Å². The SMILES string of the molecule is CCCCCCCCC[C@@H]1C[C@H](/C=C/C=O)N(S(=O)(=O)c2ccc(C)cc2)O1. The first-order chi connectivity index (χ1) is 13.5. The first-order valence-electron chi connectivity index (χ1n) is 10.4. The second-order valence-corrected chi connectivity index (χ2v) is 9.32. The molecule has 1 saturated heterocycles. The van der Waals surface area contributed by atoms with Crippen LogP contribution in [0.2, 0.25) is 0 Å². The number of aryl methyl sites for hydroxylation is 1. The van der Waals surface area contributed by atoms with Crippen LogP contribution in [0.5, 0.6) is 0 Å². The minimum atomic E-state index is -3.77. The number of aldehydes is 1. The summed E-state index contributed by atoms with van der Waals surface area (Å²) in [6.07, 6.45) is 13.4. The van der Waals surface area contributed by atoms with Gasteiger partial charge in [0.1, 0.15) is 6.29 Å². The number of rotatable bonds is 12. The summed E-state index contributed by atoms with van der Waals surface area (Å²) in [6.45, 7) is 4.12. The van der Waals surface area contributed by atoms with E-state index in [0.717, 1.165) is 29.3 Å². The van der Waals surface area contributed by atoms with E-state index in [4.69, 9.17) is 4.84 Å². The summed E-state index contributed by atoms with van der Waals surface area (Å²) >= 11 is 0. The Balaban J connectivity index is 1.97. The van der Waals surface area contributed by atoms with Crippen molar-refractivity contribution in [2.75, 3.05) is 0 Å². The number of sulfonamides is 1. The topological polar surface area (TPSA) is 63.7 Å². The van der Waals surface area contributed by atoms with Crippen molar-refractivity contribution in [2.45, 2.75) is 88.7 Å². The number of unbranched alkanes of at least 4 members (excludes halogenated alkanes) is 6. The molecule has 0 aromatic heterocycles. The lowest BCUT2D eigenvalue weighted by atomic mass is 10.0. The highest BCUT2D eigenvalue weighted by molar-refractivity contribution is 7.89. The molecule has 1 aliphatic rings. The van der Waals surface area contributed by atoms with E-state index in [2.05, 4.69) is 6.92 Å². The fourth-order valence-corrected chi connectivity index (χ4v) is 4.93. The van der Waals surface area contributed by atoms with E-state index in [9.17, 15) is 13.2 Å². The molecule has 0 spiro atoms. The number of carbonyl (C=O) groups excluding carboxylic acids is 1. The van der Waals surface area contributed by atoms with Crippen LogP contribution >= 0.6 is 0 Å². The van der Waals surface area contributed by atoms with E-state index < -0.39 is 16.1 Å². The van der Waals surface area contributed by atoms with Gasteiger partial charge in [0, 0.05) is 0 Å². The summed E-state index contributed by atoms with van der Waals surface area (Å²) < 4.78 is 27.1. The van der Waals surface area contributed by atoms with Crippen molar-refractivity contribution in [2.24, 2.45) is 0 Å². The van der Waals surface area contributed by atoms with Crippen LogP contribution < -0.4 is 0 Å². The lowest BCUT2D eigenvalue weighted by Crippen LogP contribution is -2.33. The van der Waals surface area contributed by atoms with Gasteiger partial charge in [0.05, 0.1) is 17.0 Å². The highest BCUT2D eigenvalue weighted by Gasteiger charge is 2.40. The standard InChI is InChI=1S/C22H33NO4S/c1-3-4-5-6-7-8-9-12-21-18-20(11-10-17-24)23(27-21)28(25,26)22-15-13-19(2)14-16-22/h10-11,13-17,20-21H,3-9,12,18H2,1-2H3/b11-10+/t20-,21+/m0/s1.